The van der Waals surface area contributed by atoms with E-state index in [1.165, 1.54) is 19.3 Å². The summed E-state index contributed by atoms with van der Waals surface area (Å²) in [5, 5.41) is 8.94. The molecule has 0 amide bonds. The zero-order valence-electron chi connectivity index (χ0n) is 11.8. The zero-order valence-corrected chi connectivity index (χ0v) is 12.6. The number of rotatable bonds is 5. The largest absolute Gasteiger partial charge is 0.481 e. The van der Waals surface area contributed by atoms with E-state index in [0.29, 0.717) is 6.54 Å². The lowest BCUT2D eigenvalue weighted by Crippen LogP contribution is -2.51. The molecule has 1 unspecified atom stereocenters. The van der Waals surface area contributed by atoms with Gasteiger partial charge in [0.2, 0.25) is 0 Å². The molecule has 20 heavy (non-hydrogen) atoms. The minimum atomic E-state index is -3.07. The Balaban J connectivity index is 1.88. The van der Waals surface area contributed by atoms with Crippen molar-refractivity contribution in [3.63, 3.8) is 0 Å². The van der Waals surface area contributed by atoms with Crippen molar-refractivity contribution in [2.45, 2.75) is 31.7 Å². The van der Waals surface area contributed by atoms with E-state index in [-0.39, 0.29) is 24.0 Å². The first-order valence-electron chi connectivity index (χ1n) is 7.35. The third-order valence-electron chi connectivity index (χ3n) is 4.21. The first kappa shape index (κ1) is 15.7. The summed E-state index contributed by atoms with van der Waals surface area (Å²) >= 11 is 0. The van der Waals surface area contributed by atoms with Crippen LogP contribution in [0.25, 0.3) is 0 Å². The Morgan fingerprint density at radius 1 is 1.10 bits per heavy atom. The van der Waals surface area contributed by atoms with Crippen LogP contribution in [0, 0.1) is 0 Å². The van der Waals surface area contributed by atoms with Crippen LogP contribution in [-0.4, -0.2) is 79.6 Å². The number of sulfone groups is 1. The lowest BCUT2D eigenvalue weighted by Gasteiger charge is -2.36. The second-order valence-corrected chi connectivity index (χ2v) is 8.03. The Bertz CT molecular complexity index is 432. The van der Waals surface area contributed by atoms with Crippen LogP contribution in [-0.2, 0) is 14.6 Å². The first-order valence-corrected chi connectivity index (χ1v) is 9.17. The molecule has 0 bridgehead atoms. The first-order chi connectivity index (χ1) is 9.46. The highest BCUT2D eigenvalue weighted by molar-refractivity contribution is 7.91. The minimum Gasteiger partial charge on any atom is -0.481 e. The molecular formula is C13H24N2O4S. The van der Waals surface area contributed by atoms with Crippen molar-refractivity contribution in [2.24, 2.45) is 0 Å². The number of nitrogens with zero attached hydrogens (tertiary/aromatic N) is 2. The van der Waals surface area contributed by atoms with Gasteiger partial charge in [0.25, 0.3) is 0 Å². The van der Waals surface area contributed by atoms with E-state index in [1.807, 2.05) is 4.90 Å². The second kappa shape index (κ2) is 6.87. The van der Waals surface area contributed by atoms with Gasteiger partial charge in [-0.25, -0.2) is 8.42 Å². The number of carbonyl (C=O) groups is 1. The average Bonchev–Trinajstić information content (AvgIpc) is 2.37. The van der Waals surface area contributed by atoms with Crippen LogP contribution in [0.4, 0.5) is 0 Å². The molecule has 6 nitrogen and oxygen atoms in total. The van der Waals surface area contributed by atoms with Crippen molar-refractivity contribution in [2.75, 3.05) is 44.2 Å². The fourth-order valence-electron chi connectivity index (χ4n) is 3.06. The second-order valence-electron chi connectivity index (χ2n) is 5.80. The molecule has 0 aromatic carbocycles. The van der Waals surface area contributed by atoms with Crippen LogP contribution in [0.15, 0.2) is 0 Å². The predicted molar refractivity (Wildman–Crippen MR) is 76.6 cm³/mol. The number of carboxylic acid groups (broad SMARTS) is 1. The molecule has 2 rings (SSSR count). The monoisotopic (exact) mass is 304 g/mol. The average molecular weight is 304 g/mol. The SMILES string of the molecule is O=C(O)CC1CS(=O)(=O)CCN1CCN1CCCCC1. The third-order valence-corrected chi connectivity index (χ3v) is 5.91. The number of likely N-dealkylation sites (tertiary alicyclic amines) is 1. The quantitative estimate of drug-likeness (QED) is 0.773. The zero-order chi connectivity index (χ0) is 14.6. The van der Waals surface area contributed by atoms with E-state index < -0.39 is 15.8 Å². The fraction of sp³-hybridized carbons (Fsp3) is 0.923. The molecule has 0 spiro atoms. The number of carboxylic acids is 1. The van der Waals surface area contributed by atoms with Gasteiger partial charge in [-0.15, -0.1) is 0 Å². The van der Waals surface area contributed by atoms with Gasteiger partial charge in [-0.1, -0.05) is 6.42 Å². The summed E-state index contributed by atoms with van der Waals surface area (Å²) in [7, 11) is -3.07. The highest BCUT2D eigenvalue weighted by Gasteiger charge is 2.32. The molecule has 7 heteroatoms. The van der Waals surface area contributed by atoms with Crippen molar-refractivity contribution in [1.82, 2.24) is 9.80 Å². The summed E-state index contributed by atoms with van der Waals surface area (Å²) < 4.78 is 23.3. The van der Waals surface area contributed by atoms with Gasteiger partial charge < -0.3 is 10.0 Å². The third kappa shape index (κ3) is 4.71. The van der Waals surface area contributed by atoms with Gasteiger partial charge in [0.05, 0.1) is 17.9 Å². The van der Waals surface area contributed by atoms with Gasteiger partial charge >= 0.3 is 5.97 Å². The van der Waals surface area contributed by atoms with Crippen LogP contribution in [0.1, 0.15) is 25.7 Å². The van der Waals surface area contributed by atoms with Gasteiger partial charge in [0.15, 0.2) is 9.84 Å². The van der Waals surface area contributed by atoms with Crippen molar-refractivity contribution < 1.29 is 18.3 Å². The molecule has 0 aromatic rings. The summed E-state index contributed by atoms with van der Waals surface area (Å²) in [6.45, 7) is 4.36. The Hall–Kier alpha value is -0.660. The molecule has 0 saturated carbocycles. The number of hydrogen-bond donors (Lipinski definition) is 1. The standard InChI is InChI=1S/C13H24N2O4S/c16-13(17)10-12-11-20(18,19)9-8-15(12)7-6-14-4-2-1-3-5-14/h12H,1-11H2,(H,16,17). The molecule has 0 radical (unpaired) electrons. The number of hydrogen-bond acceptors (Lipinski definition) is 5. The van der Waals surface area contributed by atoms with Gasteiger partial charge in [-0.3, -0.25) is 9.69 Å². The lowest BCUT2D eigenvalue weighted by atomic mass is 10.1. The summed E-state index contributed by atoms with van der Waals surface area (Å²) in [6.07, 6.45) is 3.67. The normalized spacial score (nSPS) is 28.3. The summed E-state index contributed by atoms with van der Waals surface area (Å²) in [6, 6.07) is -0.365. The predicted octanol–water partition coefficient (Wildman–Crippen LogP) is 0.0460. The highest BCUT2D eigenvalue weighted by atomic mass is 32.2. The summed E-state index contributed by atoms with van der Waals surface area (Å²) in [5.41, 5.74) is 0. The van der Waals surface area contributed by atoms with E-state index in [0.717, 1.165) is 26.2 Å². The molecular weight excluding hydrogens is 280 g/mol. The number of aliphatic carboxylic acids is 1. The van der Waals surface area contributed by atoms with Crippen molar-refractivity contribution in [3.05, 3.63) is 0 Å². The maximum atomic E-state index is 11.7. The maximum absolute atomic E-state index is 11.7. The summed E-state index contributed by atoms with van der Waals surface area (Å²) in [4.78, 5) is 15.3. The number of piperidine rings is 1. The van der Waals surface area contributed by atoms with Crippen molar-refractivity contribution >= 4 is 15.8 Å². The Labute approximate surface area is 120 Å². The van der Waals surface area contributed by atoms with Gasteiger partial charge in [-0.2, -0.15) is 0 Å². The van der Waals surface area contributed by atoms with Crippen LogP contribution in [0.5, 0.6) is 0 Å². The molecule has 0 aromatic heterocycles. The molecule has 2 aliphatic heterocycles. The Morgan fingerprint density at radius 3 is 2.45 bits per heavy atom. The van der Waals surface area contributed by atoms with Crippen molar-refractivity contribution in [1.29, 1.82) is 0 Å². The Morgan fingerprint density at radius 2 is 1.80 bits per heavy atom. The molecule has 1 N–H and O–H groups in total. The fourth-order valence-corrected chi connectivity index (χ4v) is 4.65. The molecule has 2 aliphatic rings. The molecule has 1 atom stereocenters. The minimum absolute atomic E-state index is 0.0146. The Kier molecular flexibility index (Phi) is 5.40. The topological polar surface area (TPSA) is 77.9 Å². The van der Waals surface area contributed by atoms with E-state index in [1.54, 1.807) is 0 Å². The van der Waals surface area contributed by atoms with Gasteiger partial charge in [-0.05, 0) is 25.9 Å². The highest BCUT2D eigenvalue weighted by Crippen LogP contribution is 2.16. The van der Waals surface area contributed by atoms with Gasteiger partial charge in [0, 0.05) is 25.7 Å². The lowest BCUT2D eigenvalue weighted by molar-refractivity contribution is -0.138. The summed E-state index contributed by atoms with van der Waals surface area (Å²) in [5.74, 6) is -0.780. The van der Waals surface area contributed by atoms with Crippen LogP contribution < -0.4 is 0 Å². The van der Waals surface area contributed by atoms with E-state index in [4.69, 9.17) is 5.11 Å². The van der Waals surface area contributed by atoms with Crippen LogP contribution in [0.2, 0.25) is 0 Å². The van der Waals surface area contributed by atoms with Crippen LogP contribution >= 0.6 is 0 Å². The molecule has 2 heterocycles. The van der Waals surface area contributed by atoms with E-state index in [2.05, 4.69) is 4.90 Å². The molecule has 116 valence electrons. The van der Waals surface area contributed by atoms with E-state index in [9.17, 15) is 13.2 Å². The van der Waals surface area contributed by atoms with Crippen molar-refractivity contribution in [3.8, 4) is 0 Å². The molecule has 0 aliphatic carbocycles. The van der Waals surface area contributed by atoms with Crippen LogP contribution in [0.3, 0.4) is 0 Å². The maximum Gasteiger partial charge on any atom is 0.304 e. The molecule has 2 fully saturated rings. The van der Waals surface area contributed by atoms with E-state index >= 15 is 0 Å². The smallest absolute Gasteiger partial charge is 0.304 e. The van der Waals surface area contributed by atoms with Gasteiger partial charge in [0.1, 0.15) is 0 Å². The molecule has 2 saturated heterocycles.